The lowest BCUT2D eigenvalue weighted by Crippen LogP contribution is -2.24. The number of amides is 1. The third-order valence-electron chi connectivity index (χ3n) is 3.03. The molecule has 4 heteroatoms. The minimum absolute atomic E-state index is 0.0594. The highest BCUT2D eigenvalue weighted by atomic mass is 79.9. The van der Waals surface area contributed by atoms with E-state index in [1.165, 1.54) is 4.90 Å². The monoisotopic (exact) mass is 283 g/mol. The lowest BCUT2D eigenvalue weighted by molar-refractivity contribution is -0.120. The maximum atomic E-state index is 11.9. The van der Waals surface area contributed by atoms with Gasteiger partial charge in [-0.15, -0.1) is 11.8 Å². The van der Waals surface area contributed by atoms with Crippen LogP contribution in [0, 0.1) is 5.41 Å². The molecule has 2 aliphatic rings. The smallest absolute Gasteiger partial charge is 0.231 e. The largest absolute Gasteiger partial charge is 0.325 e. The van der Waals surface area contributed by atoms with E-state index in [1.807, 2.05) is 12.1 Å². The van der Waals surface area contributed by atoms with Crippen LogP contribution in [-0.2, 0) is 4.79 Å². The minimum atomic E-state index is -0.0594. The van der Waals surface area contributed by atoms with Crippen LogP contribution in [0.1, 0.15) is 12.8 Å². The zero-order chi connectivity index (χ0) is 10.5. The molecule has 1 fully saturated rings. The molecule has 0 aromatic heterocycles. The standard InChI is InChI=1S/C11H10BrNOS/c12-7-1-2-9-8(5-7)13-10(14)11(3-4-11)6-15-9/h1-2,5H,3-4,6H2,(H,13,14). The predicted octanol–water partition coefficient (Wildman–Crippen LogP) is 3.27. The fourth-order valence-electron chi connectivity index (χ4n) is 1.78. The van der Waals surface area contributed by atoms with Crippen molar-refractivity contribution in [1.82, 2.24) is 0 Å². The lowest BCUT2D eigenvalue weighted by Gasteiger charge is -2.08. The summed E-state index contributed by atoms with van der Waals surface area (Å²) in [5.74, 6) is 1.12. The number of thioether (sulfide) groups is 1. The molecule has 1 aromatic rings. The van der Waals surface area contributed by atoms with Gasteiger partial charge in [0, 0.05) is 15.1 Å². The van der Waals surface area contributed by atoms with Gasteiger partial charge in [-0.3, -0.25) is 4.79 Å². The summed E-state index contributed by atoms with van der Waals surface area (Å²) in [5.41, 5.74) is 0.888. The average molecular weight is 284 g/mol. The van der Waals surface area contributed by atoms with Gasteiger partial charge in [-0.05, 0) is 31.0 Å². The van der Waals surface area contributed by atoms with Crippen molar-refractivity contribution in [3.8, 4) is 0 Å². The van der Waals surface area contributed by atoms with Crippen molar-refractivity contribution in [3.05, 3.63) is 22.7 Å². The molecular weight excluding hydrogens is 274 g/mol. The molecule has 78 valence electrons. The van der Waals surface area contributed by atoms with Gasteiger partial charge in [-0.1, -0.05) is 15.9 Å². The van der Waals surface area contributed by atoms with E-state index in [2.05, 4.69) is 27.3 Å². The van der Waals surface area contributed by atoms with Crippen LogP contribution in [0.15, 0.2) is 27.6 Å². The van der Waals surface area contributed by atoms with Gasteiger partial charge in [0.05, 0.1) is 11.1 Å². The van der Waals surface area contributed by atoms with E-state index >= 15 is 0 Å². The van der Waals surface area contributed by atoms with Crippen LogP contribution in [0.3, 0.4) is 0 Å². The molecular formula is C11H10BrNOS. The normalized spacial score (nSPS) is 21.8. The van der Waals surface area contributed by atoms with Crippen molar-refractivity contribution >= 4 is 39.3 Å². The first-order valence-electron chi connectivity index (χ1n) is 4.93. The SMILES string of the molecule is O=C1Nc2cc(Br)ccc2SCC12CC2. The second-order valence-electron chi connectivity index (χ2n) is 4.16. The summed E-state index contributed by atoms with van der Waals surface area (Å²) in [6, 6.07) is 6.05. The van der Waals surface area contributed by atoms with Crippen LogP contribution < -0.4 is 5.32 Å². The quantitative estimate of drug-likeness (QED) is 0.792. The fraction of sp³-hybridized carbons (Fsp3) is 0.364. The van der Waals surface area contributed by atoms with Gasteiger partial charge in [-0.2, -0.15) is 0 Å². The Kier molecular flexibility index (Phi) is 2.11. The maximum absolute atomic E-state index is 11.9. The number of carbonyl (C=O) groups is 1. The van der Waals surface area contributed by atoms with Crippen molar-refractivity contribution in [2.75, 3.05) is 11.1 Å². The van der Waals surface area contributed by atoms with Crippen molar-refractivity contribution < 1.29 is 4.79 Å². The first-order chi connectivity index (χ1) is 7.20. The molecule has 2 nitrogen and oxygen atoms in total. The number of rotatable bonds is 0. The van der Waals surface area contributed by atoms with E-state index in [0.29, 0.717) is 0 Å². The summed E-state index contributed by atoms with van der Waals surface area (Å²) < 4.78 is 1.01. The van der Waals surface area contributed by atoms with E-state index in [4.69, 9.17) is 0 Å². The van der Waals surface area contributed by atoms with Crippen molar-refractivity contribution in [2.24, 2.45) is 5.41 Å². The number of hydrogen-bond acceptors (Lipinski definition) is 2. The molecule has 15 heavy (non-hydrogen) atoms. The van der Waals surface area contributed by atoms with Gasteiger partial charge < -0.3 is 5.32 Å². The summed E-state index contributed by atoms with van der Waals surface area (Å²) in [5, 5.41) is 3.03. The molecule has 1 heterocycles. The Morgan fingerprint density at radius 1 is 1.40 bits per heavy atom. The van der Waals surface area contributed by atoms with Gasteiger partial charge in [0.2, 0.25) is 5.91 Å². The molecule has 0 unspecified atom stereocenters. The second-order valence-corrected chi connectivity index (χ2v) is 6.10. The van der Waals surface area contributed by atoms with E-state index in [1.54, 1.807) is 11.8 Å². The van der Waals surface area contributed by atoms with Gasteiger partial charge in [0.25, 0.3) is 0 Å². The molecule has 1 aliphatic carbocycles. The Hall–Kier alpha value is -0.480. The van der Waals surface area contributed by atoms with Crippen molar-refractivity contribution in [3.63, 3.8) is 0 Å². The van der Waals surface area contributed by atoms with Crippen molar-refractivity contribution in [1.29, 1.82) is 0 Å². The van der Waals surface area contributed by atoms with Crippen LogP contribution >= 0.6 is 27.7 Å². The Balaban J connectivity index is 2.00. The van der Waals surface area contributed by atoms with Crippen LogP contribution in [0.2, 0.25) is 0 Å². The van der Waals surface area contributed by atoms with Gasteiger partial charge in [0.1, 0.15) is 0 Å². The van der Waals surface area contributed by atoms with Crippen LogP contribution in [0.4, 0.5) is 5.69 Å². The Morgan fingerprint density at radius 3 is 2.93 bits per heavy atom. The van der Waals surface area contributed by atoms with E-state index in [0.717, 1.165) is 28.8 Å². The van der Waals surface area contributed by atoms with Gasteiger partial charge >= 0.3 is 0 Å². The third-order valence-corrected chi connectivity index (χ3v) is 4.89. The summed E-state index contributed by atoms with van der Waals surface area (Å²) in [6.45, 7) is 0. The average Bonchev–Trinajstić information content (AvgIpc) is 2.98. The molecule has 3 rings (SSSR count). The molecule has 0 atom stereocenters. The molecule has 0 saturated heterocycles. The highest BCUT2D eigenvalue weighted by Crippen LogP contribution is 2.52. The first-order valence-corrected chi connectivity index (χ1v) is 6.71. The molecule has 1 spiro atoms. The van der Waals surface area contributed by atoms with Crippen LogP contribution in [0.5, 0.6) is 0 Å². The topological polar surface area (TPSA) is 29.1 Å². The van der Waals surface area contributed by atoms with E-state index in [9.17, 15) is 4.79 Å². The van der Waals surface area contributed by atoms with E-state index < -0.39 is 0 Å². The number of anilines is 1. The predicted molar refractivity (Wildman–Crippen MR) is 65.2 cm³/mol. The summed E-state index contributed by atoms with van der Waals surface area (Å²) in [7, 11) is 0. The Morgan fingerprint density at radius 2 is 2.20 bits per heavy atom. The lowest BCUT2D eigenvalue weighted by atomic mass is 10.1. The zero-order valence-electron chi connectivity index (χ0n) is 8.05. The molecule has 0 bridgehead atoms. The highest BCUT2D eigenvalue weighted by Gasteiger charge is 2.50. The number of benzene rings is 1. The number of fused-ring (bicyclic) bond motifs is 1. The molecule has 0 radical (unpaired) electrons. The molecule has 1 saturated carbocycles. The molecule has 1 amide bonds. The molecule has 1 aliphatic heterocycles. The van der Waals surface area contributed by atoms with Crippen LogP contribution in [-0.4, -0.2) is 11.7 Å². The fourth-order valence-corrected chi connectivity index (χ4v) is 3.43. The van der Waals surface area contributed by atoms with Crippen LogP contribution in [0.25, 0.3) is 0 Å². The van der Waals surface area contributed by atoms with Gasteiger partial charge in [0.15, 0.2) is 0 Å². The summed E-state index contributed by atoms with van der Waals surface area (Å²) in [4.78, 5) is 13.1. The number of nitrogens with one attached hydrogen (secondary N) is 1. The summed E-state index contributed by atoms with van der Waals surface area (Å²) >= 11 is 5.21. The molecule has 1 N–H and O–H groups in total. The zero-order valence-corrected chi connectivity index (χ0v) is 10.5. The Bertz CT molecular complexity index is 442. The van der Waals surface area contributed by atoms with Gasteiger partial charge in [-0.25, -0.2) is 0 Å². The number of hydrogen-bond donors (Lipinski definition) is 1. The maximum Gasteiger partial charge on any atom is 0.231 e. The van der Waals surface area contributed by atoms with Crippen molar-refractivity contribution in [2.45, 2.75) is 17.7 Å². The third kappa shape index (κ3) is 1.60. The Labute approximate surface area is 101 Å². The first kappa shape index (κ1) is 9.73. The number of carbonyl (C=O) groups excluding carboxylic acids is 1. The minimum Gasteiger partial charge on any atom is -0.325 e. The van der Waals surface area contributed by atoms with E-state index in [-0.39, 0.29) is 11.3 Å². The molecule has 1 aromatic carbocycles. The number of halogens is 1. The summed E-state index contributed by atoms with van der Waals surface area (Å²) in [6.07, 6.45) is 2.09. The highest BCUT2D eigenvalue weighted by molar-refractivity contribution is 9.10. The second kappa shape index (κ2) is 3.25.